The summed E-state index contributed by atoms with van der Waals surface area (Å²) in [5.74, 6) is 1.63. The second-order valence-electron chi connectivity index (χ2n) is 5.95. The van der Waals surface area contributed by atoms with Gasteiger partial charge < -0.3 is 10.0 Å². The zero-order valence-corrected chi connectivity index (χ0v) is 13.7. The van der Waals surface area contributed by atoms with E-state index in [9.17, 15) is 5.11 Å². The van der Waals surface area contributed by atoms with E-state index in [0.717, 1.165) is 35.0 Å². The van der Waals surface area contributed by atoms with E-state index >= 15 is 0 Å². The summed E-state index contributed by atoms with van der Waals surface area (Å²) in [6.07, 6.45) is 2.09. The summed E-state index contributed by atoms with van der Waals surface area (Å²) in [6, 6.07) is 6.23. The topological polar surface area (TPSA) is 23.5 Å². The van der Waals surface area contributed by atoms with Crippen molar-refractivity contribution in [2.45, 2.75) is 39.7 Å². The monoisotopic (exact) mass is 325 g/mol. The molecule has 0 saturated carbocycles. The smallest absolute Gasteiger partial charge is 0.0782 e. The lowest BCUT2D eigenvalue weighted by atomic mass is 9.86. The van der Waals surface area contributed by atoms with Gasteiger partial charge in [-0.05, 0) is 49.8 Å². The molecule has 3 heteroatoms. The predicted molar refractivity (Wildman–Crippen MR) is 84.6 cm³/mol. The maximum atomic E-state index is 9.95. The van der Waals surface area contributed by atoms with Crippen LogP contribution in [0.25, 0.3) is 0 Å². The minimum absolute atomic E-state index is 0.421. The number of halogens is 1. The minimum atomic E-state index is -0.421. The molecular formula is C16H24BrNO. The Kier molecular flexibility index (Phi) is 4.91. The van der Waals surface area contributed by atoms with E-state index in [2.05, 4.69) is 46.8 Å². The third kappa shape index (κ3) is 3.51. The second kappa shape index (κ2) is 6.27. The van der Waals surface area contributed by atoms with Crippen molar-refractivity contribution < 1.29 is 5.11 Å². The molecule has 0 amide bonds. The standard InChI is InChI=1S/C16H24BrNO/c1-11(2)13-6-8-18(9-7-13)16-5-4-14(17)10-15(16)12(3)19/h4-5,10-13,19H,6-9H2,1-3H3. The Bertz CT molecular complexity index is 423. The Morgan fingerprint density at radius 1 is 1.21 bits per heavy atom. The van der Waals surface area contributed by atoms with Crippen molar-refractivity contribution in [3.8, 4) is 0 Å². The molecule has 1 atom stereocenters. The zero-order chi connectivity index (χ0) is 14.0. The Labute approximate surface area is 124 Å². The average Bonchev–Trinajstić information content (AvgIpc) is 2.38. The van der Waals surface area contributed by atoms with Crippen LogP contribution in [0.15, 0.2) is 22.7 Å². The third-order valence-electron chi connectivity index (χ3n) is 4.26. The van der Waals surface area contributed by atoms with E-state index in [1.54, 1.807) is 0 Å². The highest BCUT2D eigenvalue weighted by Crippen LogP contribution is 2.33. The number of aliphatic hydroxyl groups excluding tert-OH is 1. The molecule has 2 rings (SSSR count). The molecular weight excluding hydrogens is 302 g/mol. The Balaban J connectivity index is 2.15. The lowest BCUT2D eigenvalue weighted by Gasteiger charge is -2.36. The van der Waals surface area contributed by atoms with Gasteiger partial charge in [0.1, 0.15) is 0 Å². The van der Waals surface area contributed by atoms with Gasteiger partial charge in [-0.2, -0.15) is 0 Å². The first-order chi connectivity index (χ1) is 8.99. The molecule has 1 N–H and O–H groups in total. The van der Waals surface area contributed by atoms with Crippen molar-refractivity contribution in [1.82, 2.24) is 0 Å². The van der Waals surface area contributed by atoms with Crippen molar-refractivity contribution in [2.24, 2.45) is 11.8 Å². The summed E-state index contributed by atoms with van der Waals surface area (Å²) in [5.41, 5.74) is 2.22. The first-order valence-electron chi connectivity index (χ1n) is 7.21. The molecule has 106 valence electrons. The minimum Gasteiger partial charge on any atom is -0.389 e. The molecule has 0 radical (unpaired) electrons. The van der Waals surface area contributed by atoms with E-state index in [0.29, 0.717) is 0 Å². The number of hydrogen-bond acceptors (Lipinski definition) is 2. The highest BCUT2D eigenvalue weighted by atomic mass is 79.9. The molecule has 0 bridgehead atoms. The van der Waals surface area contributed by atoms with Crippen molar-refractivity contribution in [3.63, 3.8) is 0 Å². The highest BCUT2D eigenvalue weighted by Gasteiger charge is 2.23. The summed E-state index contributed by atoms with van der Waals surface area (Å²) in [7, 11) is 0. The van der Waals surface area contributed by atoms with Gasteiger partial charge in [0.25, 0.3) is 0 Å². The molecule has 1 unspecified atom stereocenters. The Hall–Kier alpha value is -0.540. The molecule has 1 aromatic rings. The number of aliphatic hydroxyl groups is 1. The van der Waals surface area contributed by atoms with Crippen LogP contribution >= 0.6 is 15.9 Å². The Morgan fingerprint density at radius 3 is 2.37 bits per heavy atom. The van der Waals surface area contributed by atoms with E-state index in [4.69, 9.17) is 0 Å². The summed E-state index contributed by atoms with van der Waals surface area (Å²) in [4.78, 5) is 2.42. The van der Waals surface area contributed by atoms with Crippen LogP contribution in [0.3, 0.4) is 0 Å². The van der Waals surface area contributed by atoms with Crippen molar-refractivity contribution in [1.29, 1.82) is 0 Å². The molecule has 2 nitrogen and oxygen atoms in total. The van der Waals surface area contributed by atoms with Crippen LogP contribution in [-0.4, -0.2) is 18.2 Å². The van der Waals surface area contributed by atoms with Crippen molar-refractivity contribution in [2.75, 3.05) is 18.0 Å². The molecule has 1 heterocycles. The average molecular weight is 326 g/mol. The number of piperidine rings is 1. The number of nitrogens with zero attached hydrogens (tertiary/aromatic N) is 1. The van der Waals surface area contributed by atoms with E-state index in [1.165, 1.54) is 18.5 Å². The fourth-order valence-electron chi connectivity index (χ4n) is 2.96. The lowest BCUT2D eigenvalue weighted by Crippen LogP contribution is -2.35. The van der Waals surface area contributed by atoms with Gasteiger partial charge in [0, 0.05) is 28.8 Å². The molecule has 1 fully saturated rings. The fraction of sp³-hybridized carbons (Fsp3) is 0.625. The molecule has 19 heavy (non-hydrogen) atoms. The normalized spacial score (nSPS) is 18.9. The van der Waals surface area contributed by atoms with Crippen LogP contribution < -0.4 is 4.90 Å². The van der Waals surface area contributed by atoms with Crippen LogP contribution in [0.4, 0.5) is 5.69 Å². The largest absolute Gasteiger partial charge is 0.389 e. The third-order valence-corrected chi connectivity index (χ3v) is 4.76. The number of hydrogen-bond donors (Lipinski definition) is 1. The lowest BCUT2D eigenvalue weighted by molar-refractivity contribution is 0.199. The number of rotatable bonds is 3. The van der Waals surface area contributed by atoms with Gasteiger partial charge in [0.15, 0.2) is 0 Å². The number of anilines is 1. The summed E-state index contributed by atoms with van der Waals surface area (Å²) < 4.78 is 1.03. The van der Waals surface area contributed by atoms with Crippen LogP contribution in [-0.2, 0) is 0 Å². The summed E-state index contributed by atoms with van der Waals surface area (Å²) >= 11 is 3.49. The molecule has 0 aliphatic carbocycles. The SMILES string of the molecule is CC(O)c1cc(Br)ccc1N1CCC(C(C)C)CC1. The van der Waals surface area contributed by atoms with Gasteiger partial charge in [-0.15, -0.1) is 0 Å². The second-order valence-corrected chi connectivity index (χ2v) is 6.86. The first-order valence-corrected chi connectivity index (χ1v) is 8.00. The molecule has 1 aliphatic rings. The zero-order valence-electron chi connectivity index (χ0n) is 12.1. The number of benzene rings is 1. The fourth-order valence-corrected chi connectivity index (χ4v) is 3.33. The van der Waals surface area contributed by atoms with Gasteiger partial charge in [-0.25, -0.2) is 0 Å². The molecule has 0 spiro atoms. The van der Waals surface area contributed by atoms with Crippen LogP contribution in [0.1, 0.15) is 45.3 Å². The molecule has 1 saturated heterocycles. The van der Waals surface area contributed by atoms with Gasteiger partial charge in [0.05, 0.1) is 6.10 Å². The van der Waals surface area contributed by atoms with Crippen LogP contribution in [0.5, 0.6) is 0 Å². The van der Waals surface area contributed by atoms with Crippen molar-refractivity contribution in [3.05, 3.63) is 28.2 Å². The quantitative estimate of drug-likeness (QED) is 0.891. The van der Waals surface area contributed by atoms with Crippen LogP contribution in [0.2, 0.25) is 0 Å². The molecule has 1 aliphatic heterocycles. The van der Waals surface area contributed by atoms with Crippen LogP contribution in [0, 0.1) is 11.8 Å². The van der Waals surface area contributed by atoms with E-state index in [1.807, 2.05) is 13.0 Å². The first kappa shape index (κ1) is 14.9. The summed E-state index contributed by atoms with van der Waals surface area (Å²) in [5, 5.41) is 9.95. The van der Waals surface area contributed by atoms with E-state index < -0.39 is 6.10 Å². The predicted octanol–water partition coefficient (Wildman–Crippen LogP) is 4.37. The van der Waals surface area contributed by atoms with E-state index in [-0.39, 0.29) is 0 Å². The van der Waals surface area contributed by atoms with Gasteiger partial charge in [-0.1, -0.05) is 29.8 Å². The maximum Gasteiger partial charge on any atom is 0.0782 e. The highest BCUT2D eigenvalue weighted by molar-refractivity contribution is 9.10. The summed E-state index contributed by atoms with van der Waals surface area (Å²) in [6.45, 7) is 8.68. The van der Waals surface area contributed by atoms with Gasteiger partial charge in [-0.3, -0.25) is 0 Å². The molecule has 1 aromatic carbocycles. The van der Waals surface area contributed by atoms with Gasteiger partial charge in [0.2, 0.25) is 0 Å². The Morgan fingerprint density at radius 2 is 1.84 bits per heavy atom. The van der Waals surface area contributed by atoms with Gasteiger partial charge >= 0.3 is 0 Å². The molecule has 0 aromatic heterocycles. The van der Waals surface area contributed by atoms with Crippen molar-refractivity contribution >= 4 is 21.6 Å². The maximum absolute atomic E-state index is 9.95.